The summed E-state index contributed by atoms with van der Waals surface area (Å²) < 4.78 is 0. The van der Waals surface area contributed by atoms with Crippen LogP contribution in [-0.4, -0.2) is 69.5 Å². The van der Waals surface area contributed by atoms with Gasteiger partial charge < -0.3 is 36.9 Å². The Kier molecular flexibility index (Phi) is 9.76. The molecule has 3 atom stereocenters. The molecule has 1 aromatic heterocycles. The molecule has 0 aliphatic carbocycles. The Balaban J connectivity index is 2.11. The Morgan fingerprint density at radius 3 is 2.31 bits per heavy atom. The SMILES string of the molecule is CC(C)CC(NC(=O)CNC(=O)C(Cc1c[nH]c2ccccc12)NC(=O)C(N)CC(=O)O)C(=O)O. The Morgan fingerprint density at radius 1 is 1.00 bits per heavy atom. The van der Waals surface area contributed by atoms with Gasteiger partial charge in [0.25, 0.3) is 0 Å². The summed E-state index contributed by atoms with van der Waals surface area (Å²) in [6.07, 6.45) is 1.32. The molecule has 2 aromatic rings. The van der Waals surface area contributed by atoms with Gasteiger partial charge in [0.2, 0.25) is 17.7 Å². The Morgan fingerprint density at radius 2 is 1.69 bits per heavy atom. The predicted octanol–water partition coefficient (Wildman–Crippen LogP) is -0.271. The molecule has 3 amide bonds. The van der Waals surface area contributed by atoms with E-state index >= 15 is 0 Å². The summed E-state index contributed by atoms with van der Waals surface area (Å²) in [5, 5.41) is 26.2. The second kappa shape index (κ2) is 12.5. The first-order valence-electron chi connectivity index (χ1n) is 11.1. The van der Waals surface area contributed by atoms with Gasteiger partial charge in [-0.3, -0.25) is 19.2 Å². The zero-order valence-electron chi connectivity index (χ0n) is 19.5. The number of benzene rings is 1. The third-order valence-electron chi connectivity index (χ3n) is 5.23. The number of fused-ring (bicyclic) bond motifs is 1. The molecule has 0 radical (unpaired) electrons. The van der Waals surface area contributed by atoms with Gasteiger partial charge in [0.05, 0.1) is 19.0 Å². The summed E-state index contributed by atoms with van der Waals surface area (Å²) in [7, 11) is 0. The number of para-hydroxylation sites is 1. The molecular formula is C23H31N5O7. The number of hydrogen-bond acceptors (Lipinski definition) is 6. The van der Waals surface area contributed by atoms with E-state index in [1.54, 1.807) is 6.20 Å². The van der Waals surface area contributed by atoms with Crippen LogP contribution in [0.4, 0.5) is 0 Å². The van der Waals surface area contributed by atoms with Gasteiger partial charge in [-0.15, -0.1) is 0 Å². The van der Waals surface area contributed by atoms with E-state index in [1.807, 2.05) is 38.1 Å². The van der Waals surface area contributed by atoms with Gasteiger partial charge >= 0.3 is 11.9 Å². The average molecular weight is 490 g/mol. The molecule has 0 saturated heterocycles. The number of carboxylic acids is 2. The van der Waals surface area contributed by atoms with Gasteiger partial charge in [-0.2, -0.15) is 0 Å². The fourth-order valence-corrected chi connectivity index (χ4v) is 3.52. The number of rotatable bonds is 13. The van der Waals surface area contributed by atoms with Crippen molar-refractivity contribution in [1.82, 2.24) is 20.9 Å². The lowest BCUT2D eigenvalue weighted by Crippen LogP contribution is -2.54. The zero-order valence-corrected chi connectivity index (χ0v) is 19.5. The molecule has 12 nitrogen and oxygen atoms in total. The molecule has 8 N–H and O–H groups in total. The normalized spacial score (nSPS) is 13.6. The minimum Gasteiger partial charge on any atom is -0.481 e. The van der Waals surface area contributed by atoms with E-state index < -0.39 is 60.8 Å². The number of aliphatic carboxylic acids is 2. The number of nitrogens with two attached hydrogens (primary N) is 1. The maximum absolute atomic E-state index is 12.9. The van der Waals surface area contributed by atoms with Gasteiger partial charge in [0.15, 0.2) is 0 Å². The molecule has 1 heterocycles. The van der Waals surface area contributed by atoms with E-state index in [4.69, 9.17) is 10.8 Å². The number of carboxylic acid groups (broad SMARTS) is 2. The summed E-state index contributed by atoms with van der Waals surface area (Å²) in [6, 6.07) is 3.69. The first-order chi connectivity index (χ1) is 16.5. The molecule has 12 heteroatoms. The van der Waals surface area contributed by atoms with Crippen LogP contribution in [0.1, 0.15) is 32.3 Å². The highest BCUT2D eigenvalue weighted by molar-refractivity contribution is 5.94. The number of nitrogens with one attached hydrogen (secondary N) is 4. The second-order valence-corrected chi connectivity index (χ2v) is 8.63. The maximum atomic E-state index is 12.9. The van der Waals surface area contributed by atoms with Crippen molar-refractivity contribution >= 4 is 40.6 Å². The van der Waals surface area contributed by atoms with E-state index in [1.165, 1.54) is 0 Å². The quantitative estimate of drug-likeness (QED) is 0.199. The highest BCUT2D eigenvalue weighted by Gasteiger charge is 2.27. The molecule has 0 bridgehead atoms. The van der Waals surface area contributed by atoms with E-state index in [2.05, 4.69) is 20.9 Å². The number of H-pyrrole nitrogens is 1. The van der Waals surface area contributed by atoms with Gasteiger partial charge in [0.1, 0.15) is 12.1 Å². The fraction of sp³-hybridized carbons (Fsp3) is 0.435. The lowest BCUT2D eigenvalue weighted by molar-refractivity contribution is -0.142. The van der Waals surface area contributed by atoms with Gasteiger partial charge in [0, 0.05) is 23.5 Å². The van der Waals surface area contributed by atoms with Crippen molar-refractivity contribution in [2.24, 2.45) is 11.7 Å². The largest absolute Gasteiger partial charge is 0.481 e. The number of carbonyl (C=O) groups is 5. The highest BCUT2D eigenvalue weighted by atomic mass is 16.4. The first kappa shape index (κ1) is 27.3. The topological polar surface area (TPSA) is 204 Å². The van der Waals surface area contributed by atoms with Crippen LogP contribution in [0.25, 0.3) is 10.9 Å². The van der Waals surface area contributed by atoms with Crippen molar-refractivity contribution in [1.29, 1.82) is 0 Å². The van der Waals surface area contributed by atoms with E-state index in [0.29, 0.717) is 5.56 Å². The van der Waals surface area contributed by atoms with Crippen LogP contribution in [0.15, 0.2) is 30.5 Å². The van der Waals surface area contributed by atoms with Crippen molar-refractivity contribution in [3.05, 3.63) is 36.0 Å². The Hall–Kier alpha value is -3.93. The highest BCUT2D eigenvalue weighted by Crippen LogP contribution is 2.19. The zero-order chi connectivity index (χ0) is 26.1. The molecule has 35 heavy (non-hydrogen) atoms. The lowest BCUT2D eigenvalue weighted by atomic mass is 10.0. The number of hydrogen-bond donors (Lipinski definition) is 7. The molecule has 0 fully saturated rings. The summed E-state index contributed by atoms with van der Waals surface area (Å²) in [5.41, 5.74) is 7.15. The minimum absolute atomic E-state index is 0.0248. The van der Waals surface area contributed by atoms with Crippen LogP contribution in [-0.2, 0) is 30.4 Å². The minimum atomic E-state index is -1.37. The smallest absolute Gasteiger partial charge is 0.326 e. The number of aromatic amines is 1. The second-order valence-electron chi connectivity index (χ2n) is 8.63. The Bertz CT molecular complexity index is 1080. The van der Waals surface area contributed by atoms with Crippen molar-refractivity contribution in [3.8, 4) is 0 Å². The molecule has 0 saturated carbocycles. The van der Waals surface area contributed by atoms with E-state index in [0.717, 1.165) is 10.9 Å². The van der Waals surface area contributed by atoms with E-state index in [-0.39, 0.29) is 18.8 Å². The summed E-state index contributed by atoms with van der Waals surface area (Å²) >= 11 is 0. The van der Waals surface area contributed by atoms with Crippen molar-refractivity contribution in [2.45, 2.75) is 51.2 Å². The molecule has 190 valence electrons. The van der Waals surface area contributed by atoms with Crippen molar-refractivity contribution in [2.75, 3.05) is 6.54 Å². The molecule has 1 aromatic carbocycles. The Labute approximate surface area is 201 Å². The lowest BCUT2D eigenvalue weighted by Gasteiger charge is -2.21. The van der Waals surface area contributed by atoms with Crippen LogP contribution >= 0.6 is 0 Å². The van der Waals surface area contributed by atoms with Gasteiger partial charge in [-0.1, -0.05) is 32.0 Å². The predicted molar refractivity (Wildman–Crippen MR) is 126 cm³/mol. The maximum Gasteiger partial charge on any atom is 0.326 e. The van der Waals surface area contributed by atoms with E-state index in [9.17, 15) is 29.1 Å². The standard InChI is InChI=1S/C23H31N5O7/c1-12(2)7-18(23(34)35)27-19(29)11-26-22(33)17(28-21(32)15(24)9-20(30)31)8-13-10-25-16-6-4-3-5-14(13)16/h3-6,10,12,15,17-18,25H,7-9,11,24H2,1-2H3,(H,26,33)(H,27,29)(H,28,32)(H,30,31)(H,34,35). The summed E-state index contributed by atoms with van der Waals surface area (Å²) in [5.74, 6) is -4.67. The summed E-state index contributed by atoms with van der Waals surface area (Å²) in [6.45, 7) is 3.12. The fourth-order valence-electron chi connectivity index (χ4n) is 3.52. The third-order valence-corrected chi connectivity index (χ3v) is 5.23. The van der Waals surface area contributed by atoms with Crippen molar-refractivity contribution < 1.29 is 34.2 Å². The van der Waals surface area contributed by atoms with Gasteiger partial charge in [-0.25, -0.2) is 4.79 Å². The van der Waals surface area contributed by atoms with Crippen LogP contribution in [0, 0.1) is 5.92 Å². The summed E-state index contributed by atoms with van der Waals surface area (Å²) in [4.78, 5) is 62.9. The molecule has 0 spiro atoms. The number of aromatic nitrogens is 1. The first-order valence-corrected chi connectivity index (χ1v) is 11.1. The average Bonchev–Trinajstić information content (AvgIpc) is 3.18. The van der Waals surface area contributed by atoms with Crippen LogP contribution in [0.2, 0.25) is 0 Å². The molecule has 0 aliphatic heterocycles. The third kappa shape index (κ3) is 8.41. The number of carbonyl (C=O) groups excluding carboxylic acids is 3. The van der Waals surface area contributed by atoms with Gasteiger partial charge in [-0.05, 0) is 24.0 Å². The molecule has 0 aliphatic rings. The number of amides is 3. The van der Waals surface area contributed by atoms with Crippen LogP contribution in [0.3, 0.4) is 0 Å². The van der Waals surface area contributed by atoms with Crippen LogP contribution in [0.5, 0.6) is 0 Å². The molecular weight excluding hydrogens is 458 g/mol. The van der Waals surface area contributed by atoms with Crippen molar-refractivity contribution in [3.63, 3.8) is 0 Å². The monoisotopic (exact) mass is 489 g/mol. The van der Waals surface area contributed by atoms with Crippen LogP contribution < -0.4 is 21.7 Å². The molecule has 3 unspecified atom stereocenters. The molecule has 2 rings (SSSR count).